The van der Waals surface area contributed by atoms with E-state index >= 15 is 0 Å². The number of fused-ring (bicyclic) bond motifs is 1. The van der Waals surface area contributed by atoms with Crippen LogP contribution in [0.4, 0.5) is 4.39 Å². The monoisotopic (exact) mass is 298 g/mol. The summed E-state index contributed by atoms with van der Waals surface area (Å²) < 4.78 is 40.6. The van der Waals surface area contributed by atoms with Crippen LogP contribution in [0.5, 0.6) is 0 Å². The van der Waals surface area contributed by atoms with Crippen molar-refractivity contribution in [2.75, 3.05) is 12.0 Å². The van der Waals surface area contributed by atoms with E-state index in [0.29, 0.717) is 16.5 Å². The molecule has 2 rings (SSSR count). The molecule has 0 saturated heterocycles. The summed E-state index contributed by atoms with van der Waals surface area (Å²) in [7, 11) is -3.07. The van der Waals surface area contributed by atoms with Crippen LogP contribution in [0.3, 0.4) is 0 Å². The van der Waals surface area contributed by atoms with Gasteiger partial charge < -0.3 is 4.42 Å². The van der Waals surface area contributed by atoms with Crippen molar-refractivity contribution in [2.45, 2.75) is 19.8 Å². The zero-order valence-corrected chi connectivity index (χ0v) is 12.1. The molecule has 108 valence electrons. The Morgan fingerprint density at radius 3 is 2.70 bits per heavy atom. The molecule has 0 spiro atoms. The lowest BCUT2D eigenvalue weighted by Crippen LogP contribution is -2.06. The van der Waals surface area contributed by atoms with E-state index in [4.69, 9.17) is 4.42 Å². The Hall–Kier alpha value is -1.69. The number of carbonyl (C=O) groups is 1. The predicted octanol–water partition coefficient (Wildman–Crippen LogP) is 2.89. The van der Waals surface area contributed by atoms with E-state index < -0.39 is 15.7 Å². The fourth-order valence-electron chi connectivity index (χ4n) is 2.07. The van der Waals surface area contributed by atoms with Gasteiger partial charge in [-0.2, -0.15) is 0 Å². The largest absolute Gasteiger partial charge is 0.453 e. The minimum absolute atomic E-state index is 0.0351. The van der Waals surface area contributed by atoms with Crippen molar-refractivity contribution in [3.8, 4) is 0 Å². The van der Waals surface area contributed by atoms with Crippen LogP contribution in [-0.4, -0.2) is 26.2 Å². The molecular formula is C14H15FO4S. The summed E-state index contributed by atoms with van der Waals surface area (Å²) in [6.45, 7) is 1.69. The van der Waals surface area contributed by atoms with E-state index in [1.54, 1.807) is 6.92 Å². The van der Waals surface area contributed by atoms with Crippen molar-refractivity contribution < 1.29 is 22.0 Å². The number of Topliss-reactive ketones (excluding diaryl/α,β-unsaturated/α-hetero) is 1. The molecule has 0 fully saturated rings. The van der Waals surface area contributed by atoms with Crippen molar-refractivity contribution in [1.29, 1.82) is 0 Å². The van der Waals surface area contributed by atoms with Crippen LogP contribution in [0.15, 0.2) is 22.6 Å². The quantitative estimate of drug-likeness (QED) is 0.796. The number of sulfone groups is 1. The first kappa shape index (κ1) is 14.7. The average molecular weight is 298 g/mol. The van der Waals surface area contributed by atoms with Gasteiger partial charge in [0.2, 0.25) is 0 Å². The minimum atomic E-state index is -3.07. The van der Waals surface area contributed by atoms with Crippen LogP contribution in [0, 0.1) is 12.7 Å². The number of carbonyl (C=O) groups excluding carboxylic acids is 1. The van der Waals surface area contributed by atoms with E-state index in [9.17, 15) is 17.6 Å². The molecule has 1 aromatic carbocycles. The summed E-state index contributed by atoms with van der Waals surface area (Å²) in [5.41, 5.74) is 1.04. The first-order chi connectivity index (χ1) is 9.28. The molecule has 0 radical (unpaired) electrons. The molecule has 2 aromatic rings. The third-order valence-corrected chi connectivity index (χ3v) is 4.10. The van der Waals surface area contributed by atoms with Gasteiger partial charge in [-0.05, 0) is 31.5 Å². The second-order valence-corrected chi connectivity index (χ2v) is 7.11. The first-order valence-corrected chi connectivity index (χ1v) is 8.23. The summed E-state index contributed by atoms with van der Waals surface area (Å²) in [6.07, 6.45) is 1.48. The number of hydrogen-bond donors (Lipinski definition) is 0. The van der Waals surface area contributed by atoms with Crippen LogP contribution in [0.1, 0.15) is 29.0 Å². The molecule has 0 aliphatic carbocycles. The third kappa shape index (κ3) is 3.25. The molecule has 1 heterocycles. The average Bonchev–Trinajstić information content (AvgIpc) is 2.65. The van der Waals surface area contributed by atoms with Gasteiger partial charge in [-0.15, -0.1) is 0 Å². The summed E-state index contributed by atoms with van der Waals surface area (Å²) >= 11 is 0. The van der Waals surface area contributed by atoms with Gasteiger partial charge in [-0.1, -0.05) is 0 Å². The predicted molar refractivity (Wildman–Crippen MR) is 74.2 cm³/mol. The smallest absolute Gasteiger partial charge is 0.198 e. The van der Waals surface area contributed by atoms with Crippen molar-refractivity contribution in [3.05, 3.63) is 35.3 Å². The highest BCUT2D eigenvalue weighted by Gasteiger charge is 2.18. The molecule has 0 amide bonds. The van der Waals surface area contributed by atoms with Gasteiger partial charge in [0.25, 0.3) is 0 Å². The minimum Gasteiger partial charge on any atom is -0.453 e. The number of halogens is 1. The fourth-order valence-corrected chi connectivity index (χ4v) is 2.74. The number of hydrogen-bond acceptors (Lipinski definition) is 4. The standard InChI is InChI=1S/C14H15FO4S/c1-9-11-8-10(15)5-6-13(11)19-14(9)12(16)4-3-7-20(2,17)18/h5-6,8H,3-4,7H2,1-2H3. The molecule has 0 aliphatic rings. The maximum Gasteiger partial charge on any atom is 0.198 e. The highest BCUT2D eigenvalue weighted by atomic mass is 32.2. The number of rotatable bonds is 5. The maximum atomic E-state index is 13.2. The zero-order chi connectivity index (χ0) is 14.9. The Morgan fingerprint density at radius 2 is 2.05 bits per heavy atom. The van der Waals surface area contributed by atoms with Crippen LogP contribution in [0.2, 0.25) is 0 Å². The Kier molecular flexibility index (Phi) is 3.94. The molecule has 0 atom stereocenters. The van der Waals surface area contributed by atoms with E-state index in [1.165, 1.54) is 18.2 Å². The van der Waals surface area contributed by atoms with Crippen LogP contribution < -0.4 is 0 Å². The van der Waals surface area contributed by atoms with Gasteiger partial charge in [-0.25, -0.2) is 12.8 Å². The van der Waals surface area contributed by atoms with Gasteiger partial charge in [-0.3, -0.25) is 4.79 Å². The Morgan fingerprint density at radius 1 is 1.35 bits per heavy atom. The number of benzene rings is 1. The number of furan rings is 1. The Labute approximate surface area is 116 Å². The van der Waals surface area contributed by atoms with Crippen molar-refractivity contribution in [3.63, 3.8) is 0 Å². The second-order valence-electron chi connectivity index (χ2n) is 4.85. The normalized spacial score (nSPS) is 11.9. The van der Waals surface area contributed by atoms with Crippen molar-refractivity contribution in [1.82, 2.24) is 0 Å². The van der Waals surface area contributed by atoms with Crippen LogP contribution >= 0.6 is 0 Å². The van der Waals surface area contributed by atoms with E-state index in [-0.39, 0.29) is 30.1 Å². The SMILES string of the molecule is Cc1c(C(=O)CCCS(C)(=O)=O)oc2ccc(F)cc12. The lowest BCUT2D eigenvalue weighted by atomic mass is 10.1. The van der Waals surface area contributed by atoms with Gasteiger partial charge in [0.05, 0.1) is 5.75 Å². The van der Waals surface area contributed by atoms with Crippen LogP contribution in [0.25, 0.3) is 11.0 Å². The highest BCUT2D eigenvalue weighted by molar-refractivity contribution is 7.90. The number of ketones is 1. The molecule has 0 N–H and O–H groups in total. The van der Waals surface area contributed by atoms with E-state index in [1.807, 2.05) is 0 Å². The number of aryl methyl sites for hydroxylation is 1. The maximum absolute atomic E-state index is 13.2. The fraction of sp³-hybridized carbons (Fsp3) is 0.357. The van der Waals surface area contributed by atoms with E-state index in [2.05, 4.69) is 0 Å². The molecule has 0 bridgehead atoms. The summed E-state index contributed by atoms with van der Waals surface area (Å²) in [6, 6.07) is 4.07. The molecule has 20 heavy (non-hydrogen) atoms. The Balaban J connectivity index is 2.20. The molecule has 4 nitrogen and oxygen atoms in total. The first-order valence-electron chi connectivity index (χ1n) is 6.17. The topological polar surface area (TPSA) is 64.3 Å². The second kappa shape index (κ2) is 5.36. The van der Waals surface area contributed by atoms with Gasteiger partial charge >= 0.3 is 0 Å². The van der Waals surface area contributed by atoms with Gasteiger partial charge in [0.1, 0.15) is 21.2 Å². The molecule has 1 aromatic heterocycles. The van der Waals surface area contributed by atoms with Crippen molar-refractivity contribution >= 4 is 26.6 Å². The van der Waals surface area contributed by atoms with Gasteiger partial charge in [0, 0.05) is 23.6 Å². The zero-order valence-electron chi connectivity index (χ0n) is 11.3. The lowest BCUT2D eigenvalue weighted by molar-refractivity contribution is 0.0956. The van der Waals surface area contributed by atoms with Gasteiger partial charge in [0.15, 0.2) is 11.5 Å². The molecule has 0 aliphatic heterocycles. The summed E-state index contributed by atoms with van der Waals surface area (Å²) in [5, 5.41) is 0.566. The van der Waals surface area contributed by atoms with E-state index in [0.717, 1.165) is 6.26 Å². The summed E-state index contributed by atoms with van der Waals surface area (Å²) in [4.78, 5) is 12.0. The molecule has 0 unspecified atom stereocenters. The molecule has 0 saturated carbocycles. The third-order valence-electron chi connectivity index (χ3n) is 3.07. The van der Waals surface area contributed by atoms with Crippen molar-refractivity contribution in [2.24, 2.45) is 0 Å². The lowest BCUT2D eigenvalue weighted by Gasteiger charge is -1.98. The Bertz CT molecular complexity index is 759. The molecular weight excluding hydrogens is 283 g/mol. The summed E-state index contributed by atoms with van der Waals surface area (Å²) in [5.74, 6) is -0.508. The van der Waals surface area contributed by atoms with Crippen LogP contribution in [-0.2, 0) is 9.84 Å². The highest BCUT2D eigenvalue weighted by Crippen LogP contribution is 2.27. The molecule has 6 heteroatoms.